The Labute approximate surface area is 100 Å². The van der Waals surface area contributed by atoms with Gasteiger partial charge in [-0.3, -0.25) is 14.2 Å². The van der Waals surface area contributed by atoms with Crippen LogP contribution in [0.3, 0.4) is 0 Å². The van der Waals surface area contributed by atoms with E-state index in [1.807, 2.05) is 13.8 Å². The van der Waals surface area contributed by atoms with Crippen molar-refractivity contribution in [3.8, 4) is 0 Å². The summed E-state index contributed by atoms with van der Waals surface area (Å²) in [6.45, 7) is 7.65. The van der Waals surface area contributed by atoms with Gasteiger partial charge in [-0.2, -0.15) is 0 Å². The molecule has 0 amide bonds. The van der Waals surface area contributed by atoms with E-state index in [1.165, 1.54) is 10.6 Å². The van der Waals surface area contributed by atoms with E-state index in [4.69, 9.17) is 4.74 Å². The molecule has 0 aliphatic rings. The van der Waals surface area contributed by atoms with E-state index in [2.05, 4.69) is 4.98 Å². The number of ether oxygens (including phenoxy) is 1. The number of hydrogen-bond donors (Lipinski definition) is 0. The van der Waals surface area contributed by atoms with Crippen LogP contribution in [0.4, 0.5) is 0 Å². The Morgan fingerprint density at radius 1 is 1.47 bits per heavy atom. The maximum absolute atomic E-state index is 11.6. The molecule has 0 saturated heterocycles. The number of nitrogens with zero attached hydrogens (tertiary/aromatic N) is 2. The largest absolute Gasteiger partial charge is 0.464 e. The predicted octanol–water partition coefficient (Wildman–Crippen LogP) is 1.06. The van der Waals surface area contributed by atoms with Crippen molar-refractivity contribution in [1.29, 1.82) is 0 Å². The second-order valence-electron chi connectivity index (χ2n) is 4.45. The first-order valence-corrected chi connectivity index (χ1v) is 5.61. The first kappa shape index (κ1) is 13.4. The fourth-order valence-corrected chi connectivity index (χ4v) is 1.39. The summed E-state index contributed by atoms with van der Waals surface area (Å²) >= 11 is 0. The van der Waals surface area contributed by atoms with Crippen LogP contribution < -0.4 is 5.56 Å². The zero-order valence-corrected chi connectivity index (χ0v) is 10.7. The highest BCUT2D eigenvalue weighted by molar-refractivity contribution is 5.69. The predicted molar refractivity (Wildman–Crippen MR) is 63.8 cm³/mol. The minimum atomic E-state index is -0.408. The number of carbonyl (C=O) groups is 1. The Hall–Kier alpha value is -1.65. The highest BCUT2D eigenvalue weighted by Gasteiger charge is 2.10. The van der Waals surface area contributed by atoms with Gasteiger partial charge in [0.2, 0.25) is 0 Å². The van der Waals surface area contributed by atoms with Crippen molar-refractivity contribution in [2.24, 2.45) is 5.92 Å². The highest BCUT2D eigenvalue weighted by atomic mass is 16.5. The third kappa shape index (κ3) is 4.01. The van der Waals surface area contributed by atoms with Gasteiger partial charge in [-0.25, -0.2) is 4.98 Å². The fourth-order valence-electron chi connectivity index (χ4n) is 1.39. The number of carbonyl (C=O) groups excluding carboxylic acids is 1. The SMILES string of the molecule is Cc1cc(=O)n(CC(=O)OCC(C)C)c(C)n1. The van der Waals surface area contributed by atoms with Crippen LogP contribution in [-0.4, -0.2) is 22.1 Å². The van der Waals surface area contributed by atoms with Gasteiger partial charge in [0.05, 0.1) is 6.61 Å². The molecule has 1 aromatic heterocycles. The molecule has 0 aliphatic carbocycles. The smallest absolute Gasteiger partial charge is 0.326 e. The van der Waals surface area contributed by atoms with Crippen molar-refractivity contribution >= 4 is 5.97 Å². The van der Waals surface area contributed by atoms with Gasteiger partial charge < -0.3 is 4.74 Å². The molecule has 1 heterocycles. The van der Waals surface area contributed by atoms with Crippen LogP contribution in [0, 0.1) is 19.8 Å². The van der Waals surface area contributed by atoms with E-state index in [9.17, 15) is 9.59 Å². The Kier molecular flexibility index (Phi) is 4.43. The lowest BCUT2D eigenvalue weighted by Gasteiger charge is -2.10. The molecule has 1 rings (SSSR count). The first-order valence-electron chi connectivity index (χ1n) is 5.61. The fraction of sp³-hybridized carbons (Fsp3) is 0.583. The standard InChI is InChI=1S/C12H18N2O3/c1-8(2)7-17-12(16)6-14-10(4)13-9(3)5-11(14)15/h5,8H,6-7H2,1-4H3. The topological polar surface area (TPSA) is 61.2 Å². The van der Waals surface area contributed by atoms with E-state index in [0.717, 1.165) is 0 Å². The molecule has 1 aromatic rings. The quantitative estimate of drug-likeness (QED) is 0.736. The average molecular weight is 238 g/mol. The van der Waals surface area contributed by atoms with Gasteiger partial charge in [0.1, 0.15) is 12.4 Å². The second kappa shape index (κ2) is 5.61. The minimum absolute atomic E-state index is 0.0787. The van der Waals surface area contributed by atoms with E-state index < -0.39 is 5.97 Å². The Morgan fingerprint density at radius 3 is 2.65 bits per heavy atom. The molecule has 0 unspecified atom stereocenters. The summed E-state index contributed by atoms with van der Waals surface area (Å²) in [5.74, 6) is 0.402. The summed E-state index contributed by atoms with van der Waals surface area (Å²) in [6.07, 6.45) is 0. The molecular formula is C12H18N2O3. The minimum Gasteiger partial charge on any atom is -0.464 e. The first-order chi connectivity index (χ1) is 7.90. The molecule has 0 aliphatic heterocycles. The molecule has 0 atom stereocenters. The van der Waals surface area contributed by atoms with Gasteiger partial charge >= 0.3 is 5.97 Å². The van der Waals surface area contributed by atoms with Crippen molar-refractivity contribution in [2.75, 3.05) is 6.61 Å². The molecule has 5 heteroatoms. The van der Waals surface area contributed by atoms with Gasteiger partial charge in [-0.1, -0.05) is 13.8 Å². The lowest BCUT2D eigenvalue weighted by Crippen LogP contribution is -2.28. The summed E-state index contributed by atoms with van der Waals surface area (Å²) in [4.78, 5) is 27.3. The van der Waals surface area contributed by atoms with Crippen LogP contribution in [0.2, 0.25) is 0 Å². The zero-order chi connectivity index (χ0) is 13.0. The van der Waals surface area contributed by atoms with Crippen molar-refractivity contribution in [3.05, 3.63) is 27.9 Å². The van der Waals surface area contributed by atoms with Crippen LogP contribution in [0.1, 0.15) is 25.4 Å². The molecule has 5 nitrogen and oxygen atoms in total. The molecule has 17 heavy (non-hydrogen) atoms. The Morgan fingerprint density at radius 2 is 2.12 bits per heavy atom. The normalized spacial score (nSPS) is 10.6. The number of rotatable bonds is 4. The van der Waals surface area contributed by atoms with Crippen LogP contribution in [0.5, 0.6) is 0 Å². The van der Waals surface area contributed by atoms with E-state index in [1.54, 1.807) is 13.8 Å². The molecule has 0 saturated carbocycles. The Balaban J connectivity index is 2.75. The number of esters is 1. The van der Waals surface area contributed by atoms with Crippen molar-refractivity contribution in [3.63, 3.8) is 0 Å². The molecule has 0 radical (unpaired) electrons. The maximum atomic E-state index is 11.6. The number of aryl methyl sites for hydroxylation is 2. The van der Waals surface area contributed by atoms with Crippen molar-refractivity contribution in [2.45, 2.75) is 34.2 Å². The van der Waals surface area contributed by atoms with E-state index in [0.29, 0.717) is 18.1 Å². The highest BCUT2D eigenvalue weighted by Crippen LogP contribution is 1.97. The average Bonchev–Trinajstić information content (AvgIpc) is 2.20. The van der Waals surface area contributed by atoms with Gasteiger partial charge in [0.25, 0.3) is 5.56 Å². The molecule has 0 spiro atoms. The maximum Gasteiger partial charge on any atom is 0.326 e. The number of hydrogen-bond acceptors (Lipinski definition) is 4. The van der Waals surface area contributed by atoms with E-state index in [-0.39, 0.29) is 18.0 Å². The summed E-state index contributed by atoms with van der Waals surface area (Å²) in [7, 11) is 0. The molecular weight excluding hydrogens is 220 g/mol. The summed E-state index contributed by atoms with van der Waals surface area (Å²) < 4.78 is 6.34. The van der Waals surface area contributed by atoms with Gasteiger partial charge in [-0.15, -0.1) is 0 Å². The molecule has 0 fully saturated rings. The van der Waals surface area contributed by atoms with Crippen LogP contribution in [-0.2, 0) is 16.1 Å². The molecule has 0 N–H and O–H groups in total. The summed E-state index contributed by atoms with van der Waals surface area (Å²) in [5.41, 5.74) is 0.427. The summed E-state index contributed by atoms with van der Waals surface area (Å²) in [5, 5.41) is 0. The monoisotopic (exact) mass is 238 g/mol. The van der Waals surface area contributed by atoms with Gasteiger partial charge in [0, 0.05) is 11.8 Å². The van der Waals surface area contributed by atoms with Crippen LogP contribution in [0.25, 0.3) is 0 Å². The molecule has 0 aromatic carbocycles. The second-order valence-corrected chi connectivity index (χ2v) is 4.45. The summed E-state index contributed by atoms with van der Waals surface area (Å²) in [6, 6.07) is 1.41. The number of aromatic nitrogens is 2. The molecule has 0 bridgehead atoms. The van der Waals surface area contributed by atoms with E-state index >= 15 is 0 Å². The van der Waals surface area contributed by atoms with Gasteiger partial charge in [-0.05, 0) is 19.8 Å². The van der Waals surface area contributed by atoms with Gasteiger partial charge in [0.15, 0.2) is 0 Å². The lowest BCUT2D eigenvalue weighted by atomic mass is 10.2. The third-order valence-corrected chi connectivity index (χ3v) is 2.19. The van der Waals surface area contributed by atoms with Crippen molar-refractivity contribution < 1.29 is 9.53 Å². The van der Waals surface area contributed by atoms with Crippen LogP contribution in [0.15, 0.2) is 10.9 Å². The van der Waals surface area contributed by atoms with Crippen LogP contribution >= 0.6 is 0 Å². The third-order valence-electron chi connectivity index (χ3n) is 2.19. The van der Waals surface area contributed by atoms with Crippen molar-refractivity contribution in [1.82, 2.24) is 9.55 Å². The molecule has 94 valence electrons. The zero-order valence-electron chi connectivity index (χ0n) is 10.7. The lowest BCUT2D eigenvalue weighted by molar-refractivity contribution is -0.145. The Bertz CT molecular complexity index is 463.